The average Bonchev–Trinajstić information content (AvgIpc) is 2.53. The highest BCUT2D eigenvalue weighted by Crippen LogP contribution is 2.41. The molecule has 0 N–H and O–H groups in total. The fraction of sp³-hybridized carbons (Fsp3) is 0.167. The van der Waals surface area contributed by atoms with Crippen molar-refractivity contribution >= 4 is 11.9 Å². The molecule has 0 radical (unpaired) electrons. The Kier molecular flexibility index (Phi) is 3.48. The van der Waals surface area contributed by atoms with E-state index in [2.05, 4.69) is 0 Å². The zero-order valence-electron chi connectivity index (χ0n) is 12.1. The van der Waals surface area contributed by atoms with Crippen LogP contribution >= 0.6 is 0 Å². The van der Waals surface area contributed by atoms with Gasteiger partial charge in [-0.05, 0) is 11.6 Å². The number of fused-ring (bicyclic) bond motifs is 1. The van der Waals surface area contributed by atoms with Gasteiger partial charge in [-0.3, -0.25) is 4.79 Å². The lowest BCUT2D eigenvalue weighted by atomic mass is 9.94. The third-order valence-corrected chi connectivity index (χ3v) is 3.65. The summed E-state index contributed by atoms with van der Waals surface area (Å²) in [6.07, 6.45) is 0.656. The molecule has 0 fully saturated rings. The van der Waals surface area contributed by atoms with Crippen molar-refractivity contribution in [1.29, 1.82) is 0 Å². The lowest BCUT2D eigenvalue weighted by molar-refractivity contribution is -0.103. The van der Waals surface area contributed by atoms with Crippen LogP contribution in [0.25, 0.3) is 5.57 Å². The van der Waals surface area contributed by atoms with E-state index < -0.39 is 0 Å². The Hall–Kier alpha value is -2.55. The molecular formula is C18H17NO2. The molecule has 106 valence electrons. The number of rotatable bonds is 3. The van der Waals surface area contributed by atoms with E-state index in [9.17, 15) is 4.79 Å². The number of hydrogen-bond acceptors (Lipinski definition) is 3. The van der Waals surface area contributed by atoms with Crippen molar-refractivity contribution in [2.24, 2.45) is 0 Å². The predicted molar refractivity (Wildman–Crippen MR) is 82.9 cm³/mol. The molecule has 0 aliphatic carbocycles. The molecular weight excluding hydrogens is 262 g/mol. The van der Waals surface area contributed by atoms with E-state index in [1.165, 1.54) is 0 Å². The minimum absolute atomic E-state index is 0.267. The number of allylic oxidation sites excluding steroid dienone is 1. The predicted octanol–water partition coefficient (Wildman–Crippen LogP) is 3.29. The van der Waals surface area contributed by atoms with Gasteiger partial charge in [0.2, 0.25) is 0 Å². The third kappa shape index (κ3) is 2.31. The van der Waals surface area contributed by atoms with Crippen LogP contribution < -0.4 is 4.74 Å². The van der Waals surface area contributed by atoms with E-state index in [0.717, 1.165) is 28.9 Å². The molecule has 1 aliphatic rings. The zero-order chi connectivity index (χ0) is 14.8. The highest BCUT2D eigenvalue weighted by Gasteiger charge is 2.30. The lowest BCUT2D eigenvalue weighted by Gasteiger charge is -2.33. The van der Waals surface area contributed by atoms with Crippen molar-refractivity contribution in [2.45, 2.75) is 6.10 Å². The summed E-state index contributed by atoms with van der Waals surface area (Å²) in [6.45, 7) is 0. The molecule has 1 aliphatic heterocycles. The number of para-hydroxylation sites is 1. The smallest absolute Gasteiger partial charge is 0.164 e. The van der Waals surface area contributed by atoms with Gasteiger partial charge in [0, 0.05) is 25.2 Å². The summed E-state index contributed by atoms with van der Waals surface area (Å²) >= 11 is 0. The molecule has 0 aromatic heterocycles. The normalized spacial score (nSPS) is 17.0. The molecule has 0 bridgehead atoms. The van der Waals surface area contributed by atoms with Crippen molar-refractivity contribution < 1.29 is 9.53 Å². The van der Waals surface area contributed by atoms with Gasteiger partial charge in [0.05, 0.1) is 5.70 Å². The number of nitrogens with zero attached hydrogens (tertiary/aromatic N) is 1. The van der Waals surface area contributed by atoms with Crippen LogP contribution in [-0.2, 0) is 4.79 Å². The number of ether oxygens (including phenoxy) is 1. The van der Waals surface area contributed by atoms with Crippen molar-refractivity contribution in [3.05, 3.63) is 71.4 Å². The van der Waals surface area contributed by atoms with Crippen molar-refractivity contribution in [3.63, 3.8) is 0 Å². The second kappa shape index (κ2) is 5.44. The Bertz CT molecular complexity index is 689. The maximum Gasteiger partial charge on any atom is 0.164 e. The minimum atomic E-state index is -0.267. The third-order valence-electron chi connectivity index (χ3n) is 3.65. The van der Waals surface area contributed by atoms with Crippen LogP contribution in [0.4, 0.5) is 0 Å². The summed E-state index contributed by atoms with van der Waals surface area (Å²) in [7, 11) is 3.87. The van der Waals surface area contributed by atoms with Gasteiger partial charge in [0.1, 0.15) is 5.75 Å². The van der Waals surface area contributed by atoms with Gasteiger partial charge in [-0.1, -0.05) is 48.5 Å². The quantitative estimate of drug-likeness (QED) is 0.807. The van der Waals surface area contributed by atoms with Crippen LogP contribution in [0.5, 0.6) is 5.75 Å². The van der Waals surface area contributed by atoms with Gasteiger partial charge >= 0.3 is 0 Å². The Morgan fingerprint density at radius 3 is 2.33 bits per heavy atom. The number of likely N-dealkylation sites (N-methyl/N-ethyl adjacent to an activating group) is 1. The highest BCUT2D eigenvalue weighted by molar-refractivity contribution is 6.10. The number of hydrogen-bond donors (Lipinski definition) is 0. The second-order valence-electron chi connectivity index (χ2n) is 5.22. The van der Waals surface area contributed by atoms with Crippen molar-refractivity contribution in [2.75, 3.05) is 14.1 Å². The molecule has 1 unspecified atom stereocenters. The molecule has 2 aromatic carbocycles. The first-order valence-electron chi connectivity index (χ1n) is 6.90. The Morgan fingerprint density at radius 2 is 1.67 bits per heavy atom. The molecule has 0 saturated heterocycles. The van der Waals surface area contributed by atoms with Crippen LogP contribution in [0.3, 0.4) is 0 Å². The number of benzene rings is 2. The number of carbonyl (C=O) groups is 1. The molecule has 1 heterocycles. The molecule has 2 aromatic rings. The molecule has 21 heavy (non-hydrogen) atoms. The summed E-state index contributed by atoms with van der Waals surface area (Å²) in [6, 6.07) is 17.6. The van der Waals surface area contributed by atoms with Gasteiger partial charge in [0.25, 0.3) is 0 Å². The molecule has 1 atom stereocenters. The van der Waals surface area contributed by atoms with Crippen LogP contribution in [0, 0.1) is 0 Å². The first-order chi connectivity index (χ1) is 10.2. The fourth-order valence-electron chi connectivity index (χ4n) is 2.71. The van der Waals surface area contributed by atoms with Crippen LogP contribution in [0.1, 0.15) is 17.2 Å². The summed E-state index contributed by atoms with van der Waals surface area (Å²) in [5.41, 5.74) is 3.46. The van der Waals surface area contributed by atoms with E-state index in [-0.39, 0.29) is 6.10 Å². The zero-order valence-corrected chi connectivity index (χ0v) is 12.1. The molecule has 0 amide bonds. The minimum Gasteiger partial charge on any atom is -0.479 e. The molecule has 3 heteroatoms. The number of carbonyl (C=O) groups excluding carboxylic acids is 1. The van der Waals surface area contributed by atoms with E-state index >= 15 is 0 Å². The monoisotopic (exact) mass is 279 g/mol. The first kappa shape index (κ1) is 13.4. The highest BCUT2D eigenvalue weighted by atomic mass is 16.5. The summed E-state index contributed by atoms with van der Waals surface area (Å²) in [4.78, 5) is 13.6. The average molecular weight is 279 g/mol. The fourth-order valence-corrected chi connectivity index (χ4v) is 2.71. The maximum atomic E-state index is 11.7. The van der Waals surface area contributed by atoms with Gasteiger partial charge in [-0.2, -0.15) is 0 Å². The molecule has 0 saturated carbocycles. The Balaban J connectivity index is 2.21. The van der Waals surface area contributed by atoms with E-state index in [4.69, 9.17) is 4.74 Å². The first-order valence-corrected chi connectivity index (χ1v) is 6.90. The summed E-state index contributed by atoms with van der Waals surface area (Å²) in [5.74, 6) is 0.749. The lowest BCUT2D eigenvalue weighted by Crippen LogP contribution is -2.27. The maximum absolute atomic E-state index is 11.7. The standard InChI is InChI=1S/C18H17NO2/c1-19(2)17-15(12-20)14-10-6-7-11-16(14)21-18(17)13-8-4-3-5-9-13/h3-12,18H,1-2H3. The Labute approximate surface area is 124 Å². The van der Waals surface area contributed by atoms with Gasteiger partial charge < -0.3 is 9.64 Å². The summed E-state index contributed by atoms with van der Waals surface area (Å²) < 4.78 is 6.17. The van der Waals surface area contributed by atoms with E-state index in [1.54, 1.807) is 0 Å². The van der Waals surface area contributed by atoms with Gasteiger partial charge in [-0.15, -0.1) is 0 Å². The van der Waals surface area contributed by atoms with Crippen LogP contribution in [0.2, 0.25) is 0 Å². The molecule has 0 spiro atoms. The van der Waals surface area contributed by atoms with Gasteiger partial charge in [0.15, 0.2) is 12.4 Å². The largest absolute Gasteiger partial charge is 0.479 e. The van der Waals surface area contributed by atoms with Crippen LogP contribution in [-0.4, -0.2) is 25.3 Å². The number of aldehydes is 1. The topological polar surface area (TPSA) is 29.5 Å². The molecule has 3 nitrogen and oxygen atoms in total. The van der Waals surface area contributed by atoms with Crippen molar-refractivity contribution in [1.82, 2.24) is 4.90 Å². The Morgan fingerprint density at radius 1 is 1.00 bits per heavy atom. The van der Waals surface area contributed by atoms with E-state index in [1.807, 2.05) is 73.6 Å². The van der Waals surface area contributed by atoms with Crippen molar-refractivity contribution in [3.8, 4) is 5.75 Å². The second-order valence-corrected chi connectivity index (χ2v) is 5.22. The van der Waals surface area contributed by atoms with E-state index in [0.29, 0.717) is 5.57 Å². The van der Waals surface area contributed by atoms with Crippen LogP contribution in [0.15, 0.2) is 60.3 Å². The van der Waals surface area contributed by atoms with Gasteiger partial charge in [-0.25, -0.2) is 0 Å². The SMILES string of the molecule is CN(C)C1=C(C=O)c2ccccc2OC1c1ccccc1. The molecule has 3 rings (SSSR count). The summed E-state index contributed by atoms with van der Waals surface area (Å²) in [5, 5.41) is 0.